The van der Waals surface area contributed by atoms with Crippen molar-refractivity contribution in [2.75, 3.05) is 0 Å². The molecule has 5 heteroatoms. The molecule has 1 rings (SSSR count). The Morgan fingerprint density at radius 3 is 2.61 bits per heavy atom. The predicted octanol–water partition coefficient (Wildman–Crippen LogP) is 4.28. The Labute approximate surface area is 169 Å². The average Bonchev–Trinajstić information content (AvgIpc) is 2.81. The lowest BCUT2D eigenvalue weighted by atomic mass is 9.79. The van der Waals surface area contributed by atoms with E-state index in [1.807, 2.05) is 32.1 Å². The van der Waals surface area contributed by atoms with Crippen LogP contribution in [0.15, 0.2) is 24.3 Å². The van der Waals surface area contributed by atoms with Crippen molar-refractivity contribution in [2.45, 2.75) is 90.8 Å². The van der Waals surface area contributed by atoms with Crippen LogP contribution in [0.2, 0.25) is 0 Å². The lowest BCUT2D eigenvalue weighted by molar-refractivity contribution is -0.137. The summed E-state index contributed by atoms with van der Waals surface area (Å²) in [5, 5.41) is 30.0. The first-order valence-corrected chi connectivity index (χ1v) is 10.5. The van der Waals surface area contributed by atoms with Gasteiger partial charge in [0.15, 0.2) is 0 Å². The molecule has 1 saturated carbocycles. The van der Waals surface area contributed by atoms with Crippen LogP contribution in [0.1, 0.15) is 79.1 Å². The van der Waals surface area contributed by atoms with E-state index in [4.69, 9.17) is 5.11 Å². The number of aliphatic hydroxyl groups excluding tert-OH is 1. The van der Waals surface area contributed by atoms with Gasteiger partial charge in [-0.2, -0.15) is 0 Å². The molecule has 0 heterocycles. The molecule has 0 amide bonds. The number of aliphatic hydroxyl groups is 2. The number of aliphatic carboxylic acids is 1. The standard InChI is InChI=1S/C23H38O5/c1-5-6-15-22(2,3)20(25)14-13-18-17(19(24)16-23(18,4)28)11-9-7-8-10-12-21(26)27/h7,9,13-14,17-18,20,25,28H,5-6,8,10-12,15-16H2,1-4H3,(H,26,27)/b9-7+,14-13+/t17-,18-,20?,23?/m1/s1. The molecule has 160 valence electrons. The molecule has 0 aromatic rings. The first kappa shape index (κ1) is 24.6. The van der Waals surface area contributed by atoms with Gasteiger partial charge in [-0.3, -0.25) is 9.59 Å². The summed E-state index contributed by atoms with van der Waals surface area (Å²) in [7, 11) is 0. The van der Waals surface area contributed by atoms with Gasteiger partial charge in [-0.25, -0.2) is 0 Å². The van der Waals surface area contributed by atoms with Crippen LogP contribution in [0, 0.1) is 17.3 Å². The molecule has 1 aliphatic rings. The molecule has 0 bridgehead atoms. The highest BCUT2D eigenvalue weighted by Crippen LogP contribution is 2.41. The van der Waals surface area contributed by atoms with Gasteiger partial charge in [0.1, 0.15) is 5.78 Å². The van der Waals surface area contributed by atoms with Crippen LogP contribution in [0.3, 0.4) is 0 Å². The Morgan fingerprint density at radius 1 is 1.32 bits per heavy atom. The molecule has 0 aliphatic heterocycles. The molecule has 5 nitrogen and oxygen atoms in total. The van der Waals surface area contributed by atoms with Crippen molar-refractivity contribution in [3.8, 4) is 0 Å². The van der Waals surface area contributed by atoms with Crippen molar-refractivity contribution >= 4 is 11.8 Å². The Balaban J connectivity index is 2.75. The first-order valence-electron chi connectivity index (χ1n) is 10.5. The smallest absolute Gasteiger partial charge is 0.303 e. The van der Waals surface area contributed by atoms with Gasteiger partial charge in [-0.1, -0.05) is 57.9 Å². The molecule has 0 aromatic heterocycles. The minimum absolute atomic E-state index is 0.0366. The maximum atomic E-state index is 12.4. The van der Waals surface area contributed by atoms with Crippen LogP contribution < -0.4 is 0 Å². The van der Waals surface area contributed by atoms with Crippen LogP contribution in [0.4, 0.5) is 0 Å². The number of carbonyl (C=O) groups excluding carboxylic acids is 1. The van der Waals surface area contributed by atoms with Crippen LogP contribution in [-0.2, 0) is 9.59 Å². The summed E-state index contributed by atoms with van der Waals surface area (Å²) in [6, 6.07) is 0. The zero-order valence-electron chi connectivity index (χ0n) is 17.9. The zero-order chi connectivity index (χ0) is 21.4. The number of hydrogen-bond acceptors (Lipinski definition) is 4. The number of unbranched alkanes of at least 4 members (excludes halogenated alkanes) is 2. The molecule has 28 heavy (non-hydrogen) atoms. The molecular weight excluding hydrogens is 356 g/mol. The number of allylic oxidation sites excluding steroid dienone is 2. The molecule has 1 aliphatic carbocycles. The second-order valence-electron chi connectivity index (χ2n) is 9.05. The first-order chi connectivity index (χ1) is 13.0. The third-order valence-electron chi connectivity index (χ3n) is 5.89. The van der Waals surface area contributed by atoms with Gasteiger partial charge in [0.05, 0.1) is 11.7 Å². The number of hydrogen-bond donors (Lipinski definition) is 3. The van der Waals surface area contributed by atoms with E-state index < -0.39 is 17.7 Å². The van der Waals surface area contributed by atoms with Gasteiger partial charge in [0, 0.05) is 24.7 Å². The minimum Gasteiger partial charge on any atom is -0.481 e. The van der Waals surface area contributed by atoms with E-state index in [0.717, 1.165) is 19.3 Å². The van der Waals surface area contributed by atoms with E-state index in [2.05, 4.69) is 6.92 Å². The molecule has 0 radical (unpaired) electrons. The van der Waals surface area contributed by atoms with Crippen molar-refractivity contribution in [3.05, 3.63) is 24.3 Å². The summed E-state index contributed by atoms with van der Waals surface area (Å²) in [6.07, 6.45) is 11.8. The van der Waals surface area contributed by atoms with Crippen LogP contribution >= 0.6 is 0 Å². The number of carboxylic acid groups (broad SMARTS) is 1. The highest BCUT2D eigenvalue weighted by Gasteiger charge is 2.47. The summed E-state index contributed by atoms with van der Waals surface area (Å²) < 4.78 is 0. The largest absolute Gasteiger partial charge is 0.481 e. The topological polar surface area (TPSA) is 94.8 Å². The zero-order valence-corrected chi connectivity index (χ0v) is 17.9. The van der Waals surface area contributed by atoms with Crippen LogP contribution in [-0.4, -0.2) is 38.8 Å². The summed E-state index contributed by atoms with van der Waals surface area (Å²) >= 11 is 0. The third-order valence-corrected chi connectivity index (χ3v) is 5.89. The average molecular weight is 395 g/mol. The number of carbonyl (C=O) groups is 2. The summed E-state index contributed by atoms with van der Waals surface area (Å²) in [5.41, 5.74) is -1.36. The minimum atomic E-state index is -1.11. The Kier molecular flexibility index (Phi) is 9.58. The fourth-order valence-corrected chi connectivity index (χ4v) is 3.85. The van der Waals surface area contributed by atoms with E-state index in [9.17, 15) is 19.8 Å². The molecular formula is C23H38O5. The molecule has 0 saturated heterocycles. The van der Waals surface area contributed by atoms with E-state index in [1.54, 1.807) is 13.0 Å². The fraction of sp³-hybridized carbons (Fsp3) is 0.739. The Morgan fingerprint density at radius 2 is 2.00 bits per heavy atom. The van der Waals surface area contributed by atoms with E-state index in [1.165, 1.54) is 0 Å². The monoisotopic (exact) mass is 394 g/mol. The Bertz CT molecular complexity index is 574. The normalized spacial score (nSPS) is 27.1. The molecule has 4 atom stereocenters. The van der Waals surface area contributed by atoms with Gasteiger partial charge < -0.3 is 15.3 Å². The quantitative estimate of drug-likeness (QED) is 0.339. The molecule has 0 aromatic carbocycles. The maximum absolute atomic E-state index is 12.4. The van der Waals surface area contributed by atoms with Gasteiger partial charge in [0.25, 0.3) is 0 Å². The van der Waals surface area contributed by atoms with Gasteiger partial charge in [-0.15, -0.1) is 0 Å². The van der Waals surface area contributed by atoms with Crippen molar-refractivity contribution in [2.24, 2.45) is 17.3 Å². The SMILES string of the molecule is CCCCC(C)(C)C(O)/C=C/[C@@H]1[C@@H](C/C=C/CCCC(=O)O)C(=O)CC1(C)O. The van der Waals surface area contributed by atoms with Crippen LogP contribution in [0.25, 0.3) is 0 Å². The van der Waals surface area contributed by atoms with Crippen molar-refractivity contribution < 1.29 is 24.9 Å². The van der Waals surface area contributed by atoms with E-state index >= 15 is 0 Å². The Hall–Kier alpha value is -1.46. The van der Waals surface area contributed by atoms with E-state index in [-0.39, 0.29) is 35.9 Å². The highest BCUT2D eigenvalue weighted by atomic mass is 16.4. The number of Topliss-reactive ketones (excluding diaryl/α,β-unsaturated/α-hetero) is 1. The number of ketones is 1. The third kappa shape index (κ3) is 7.51. The van der Waals surface area contributed by atoms with Crippen molar-refractivity contribution in [1.29, 1.82) is 0 Å². The van der Waals surface area contributed by atoms with Crippen molar-refractivity contribution in [3.63, 3.8) is 0 Å². The van der Waals surface area contributed by atoms with Crippen molar-refractivity contribution in [1.82, 2.24) is 0 Å². The molecule has 1 fully saturated rings. The molecule has 3 N–H and O–H groups in total. The van der Waals surface area contributed by atoms with Crippen LogP contribution in [0.5, 0.6) is 0 Å². The fourth-order valence-electron chi connectivity index (χ4n) is 3.85. The summed E-state index contributed by atoms with van der Waals surface area (Å²) in [5.74, 6) is -1.41. The van der Waals surface area contributed by atoms with Gasteiger partial charge in [-0.05, 0) is 38.0 Å². The predicted molar refractivity (Wildman–Crippen MR) is 111 cm³/mol. The summed E-state index contributed by atoms with van der Waals surface area (Å²) in [4.78, 5) is 23.0. The molecule has 2 unspecified atom stereocenters. The second kappa shape index (κ2) is 10.9. The molecule has 0 spiro atoms. The second-order valence-corrected chi connectivity index (χ2v) is 9.05. The lowest BCUT2D eigenvalue weighted by Gasteiger charge is -2.30. The maximum Gasteiger partial charge on any atom is 0.303 e. The van der Waals surface area contributed by atoms with E-state index in [0.29, 0.717) is 19.3 Å². The highest BCUT2D eigenvalue weighted by molar-refractivity contribution is 5.85. The lowest BCUT2D eigenvalue weighted by Crippen LogP contribution is -2.32. The van der Waals surface area contributed by atoms with Gasteiger partial charge in [0.2, 0.25) is 0 Å². The summed E-state index contributed by atoms with van der Waals surface area (Å²) in [6.45, 7) is 7.88. The number of carboxylic acids is 1. The van der Waals surface area contributed by atoms with Gasteiger partial charge >= 0.3 is 5.97 Å². The number of rotatable bonds is 12.